The smallest absolute Gasteiger partial charge is 0.387 e. The first-order chi connectivity index (χ1) is 19.6. The Morgan fingerprint density at radius 2 is 1.61 bits per heavy atom. The van der Waals surface area contributed by atoms with Crippen LogP contribution in [-0.4, -0.2) is 140 Å². The second-order valence-electron chi connectivity index (χ2n) is 8.46. The molecule has 2 aromatic heterocycles. The van der Waals surface area contributed by atoms with Gasteiger partial charge < -0.3 is 35.4 Å². The SMILES string of the molecule is Nc1ncnc2c1ncn2[C@@H]1O[C@H](COP(=O)(O)OP(=O)(O)OP(=O)(O)OCCc2ccccc2[N+](=O)[O-])[C@@H](O)[C@H]1O.[Na].[Na]. The summed E-state index contributed by atoms with van der Waals surface area (Å²) in [6, 6.07) is 5.39. The Bertz CT molecular complexity index is 1620. The molecule has 0 saturated carbocycles. The molecular weight excluding hydrogens is 679 g/mol. The van der Waals surface area contributed by atoms with Crippen molar-refractivity contribution in [3.05, 3.63) is 52.6 Å². The van der Waals surface area contributed by atoms with E-state index in [2.05, 4.69) is 32.6 Å². The Morgan fingerprint density at radius 1 is 0.977 bits per heavy atom. The van der Waals surface area contributed by atoms with Crippen molar-refractivity contribution >= 4 is 105 Å². The van der Waals surface area contributed by atoms with Crippen LogP contribution in [0.2, 0.25) is 0 Å². The zero-order valence-corrected chi connectivity index (χ0v) is 29.6. The minimum atomic E-state index is -5.82. The molecule has 1 fully saturated rings. The van der Waals surface area contributed by atoms with Crippen molar-refractivity contribution in [1.29, 1.82) is 0 Å². The maximum absolute atomic E-state index is 12.3. The van der Waals surface area contributed by atoms with Crippen LogP contribution in [0.3, 0.4) is 0 Å². The van der Waals surface area contributed by atoms with Crippen LogP contribution in [0.25, 0.3) is 11.2 Å². The summed E-state index contributed by atoms with van der Waals surface area (Å²) in [6.07, 6.45) is -4.14. The number of nitro benzene ring substituents is 1. The fourth-order valence-corrected chi connectivity index (χ4v) is 7.32. The third-order valence-electron chi connectivity index (χ3n) is 5.63. The average Bonchev–Trinajstić information content (AvgIpc) is 3.43. The van der Waals surface area contributed by atoms with Crippen molar-refractivity contribution in [2.24, 2.45) is 0 Å². The Balaban J connectivity index is 0.00000337. The quantitative estimate of drug-likeness (QED) is 0.0580. The Labute approximate surface area is 291 Å². The molecular formula is C18H23N6Na2O15P3. The van der Waals surface area contributed by atoms with Gasteiger partial charge in [-0.15, -0.1) is 0 Å². The van der Waals surface area contributed by atoms with E-state index in [1.165, 1.54) is 35.2 Å². The summed E-state index contributed by atoms with van der Waals surface area (Å²) in [5.41, 5.74) is 5.82. The van der Waals surface area contributed by atoms with E-state index in [4.69, 9.17) is 10.5 Å². The van der Waals surface area contributed by atoms with Gasteiger partial charge >= 0.3 is 23.5 Å². The van der Waals surface area contributed by atoms with Crippen LogP contribution in [0, 0.1) is 10.1 Å². The molecule has 1 aromatic carbocycles. The van der Waals surface area contributed by atoms with Crippen LogP contribution < -0.4 is 5.73 Å². The Morgan fingerprint density at radius 3 is 2.27 bits per heavy atom. The molecule has 1 aliphatic rings. The number of aliphatic hydroxyl groups excluding tert-OH is 2. The standard InChI is InChI=1S/C18H23N6O15P3.2Na/c19-16-13-17(21-8-20-16)23(9-22-13)18-15(26)14(25)12(37-18)7-36-41(31,32)39-42(33,34)38-40(29,30)35-6-5-10-3-1-2-4-11(10)24(27)28;;/h1-4,8-9,12,14-15,18,25-26H,5-7H2,(H,29,30)(H,31,32)(H,33,34)(H2,19,20,21);;/t12-,14-,15-,18-;;/m1../s1. The molecule has 1 aliphatic heterocycles. The van der Waals surface area contributed by atoms with E-state index in [1.54, 1.807) is 0 Å². The van der Waals surface area contributed by atoms with Gasteiger partial charge in [-0.25, -0.2) is 28.6 Å². The number of fused-ring (bicyclic) bond motifs is 1. The third kappa shape index (κ3) is 9.88. The van der Waals surface area contributed by atoms with E-state index in [9.17, 15) is 48.7 Å². The number of aromatic nitrogens is 4. The molecule has 3 unspecified atom stereocenters. The number of ether oxygens (including phenoxy) is 1. The molecule has 7 atom stereocenters. The normalized spacial score (nSPS) is 23.9. The second-order valence-corrected chi connectivity index (χ2v) is 13.1. The van der Waals surface area contributed by atoms with Crippen LogP contribution in [0.4, 0.5) is 11.5 Å². The van der Waals surface area contributed by atoms with Crippen molar-refractivity contribution in [2.75, 3.05) is 18.9 Å². The van der Waals surface area contributed by atoms with Crippen molar-refractivity contribution in [3.63, 3.8) is 0 Å². The number of phosphoric ester groups is 2. The molecule has 0 amide bonds. The van der Waals surface area contributed by atoms with Crippen LogP contribution in [-0.2, 0) is 42.5 Å². The zero-order chi connectivity index (χ0) is 30.9. The maximum Gasteiger partial charge on any atom is 0.490 e. The first kappa shape index (κ1) is 39.4. The number of nitrogen functional groups attached to an aromatic ring is 1. The largest absolute Gasteiger partial charge is 0.490 e. The van der Waals surface area contributed by atoms with E-state index in [-0.39, 0.29) is 93.8 Å². The number of benzene rings is 1. The zero-order valence-electron chi connectivity index (χ0n) is 22.9. The number of nitrogens with zero attached hydrogens (tertiary/aromatic N) is 5. The summed E-state index contributed by atoms with van der Waals surface area (Å²) in [6.45, 7) is -1.69. The number of nitro groups is 1. The minimum absolute atomic E-state index is 0. The van der Waals surface area contributed by atoms with Gasteiger partial charge in [-0.3, -0.25) is 23.7 Å². The van der Waals surface area contributed by atoms with Gasteiger partial charge in [-0.1, -0.05) is 18.2 Å². The molecule has 0 spiro atoms. The number of nitrogens with two attached hydrogens (primary N) is 1. The first-order valence-corrected chi connectivity index (χ1v) is 15.9. The average molecular weight is 702 g/mol. The molecule has 0 aliphatic carbocycles. The van der Waals surface area contributed by atoms with Gasteiger partial charge in [0, 0.05) is 77.2 Å². The second kappa shape index (κ2) is 15.9. The predicted octanol–water partition coefficient (Wildman–Crippen LogP) is -0.215. The molecule has 3 heterocycles. The van der Waals surface area contributed by atoms with Crippen LogP contribution in [0.5, 0.6) is 0 Å². The third-order valence-corrected chi connectivity index (χ3v) is 9.91. The number of para-hydroxylation sites is 1. The Hall–Kier alpha value is -0.740. The molecule has 7 N–H and O–H groups in total. The van der Waals surface area contributed by atoms with Crippen LogP contribution in [0.15, 0.2) is 36.9 Å². The number of hydrogen-bond acceptors (Lipinski definition) is 16. The monoisotopic (exact) mass is 702 g/mol. The summed E-state index contributed by atoms with van der Waals surface area (Å²) in [4.78, 5) is 51.4. The molecule has 2 radical (unpaired) electrons. The van der Waals surface area contributed by atoms with Crippen LogP contribution in [0.1, 0.15) is 11.8 Å². The molecule has 3 aromatic rings. The van der Waals surface area contributed by atoms with E-state index in [0.717, 1.165) is 6.33 Å². The fraction of sp³-hybridized carbons (Fsp3) is 0.389. The number of hydrogen-bond donors (Lipinski definition) is 6. The number of rotatable bonds is 13. The molecule has 44 heavy (non-hydrogen) atoms. The summed E-state index contributed by atoms with van der Waals surface area (Å²) in [5, 5.41) is 31.8. The number of anilines is 1. The summed E-state index contributed by atoms with van der Waals surface area (Å²) in [7, 11) is -16.8. The molecule has 1 saturated heterocycles. The topological polar surface area (TPSA) is 311 Å². The molecule has 4 rings (SSSR count). The van der Waals surface area contributed by atoms with Crippen molar-refractivity contribution in [2.45, 2.75) is 31.0 Å². The first-order valence-electron chi connectivity index (χ1n) is 11.5. The summed E-state index contributed by atoms with van der Waals surface area (Å²) < 4.78 is 60.2. The molecule has 21 nitrogen and oxygen atoms in total. The van der Waals surface area contributed by atoms with Gasteiger partial charge in [-0.2, -0.15) is 8.62 Å². The van der Waals surface area contributed by atoms with Crippen molar-refractivity contribution < 1.29 is 65.9 Å². The van der Waals surface area contributed by atoms with Gasteiger partial charge in [0.1, 0.15) is 30.2 Å². The summed E-state index contributed by atoms with van der Waals surface area (Å²) >= 11 is 0. The molecule has 0 bridgehead atoms. The van der Waals surface area contributed by atoms with E-state index < -0.39 is 66.1 Å². The van der Waals surface area contributed by atoms with E-state index in [1.807, 2.05) is 0 Å². The minimum Gasteiger partial charge on any atom is -0.387 e. The van der Waals surface area contributed by atoms with Gasteiger partial charge in [-0.05, 0) is 0 Å². The summed E-state index contributed by atoms with van der Waals surface area (Å²) in [5.74, 6) is 0.0266. The van der Waals surface area contributed by atoms with Gasteiger partial charge in [0.15, 0.2) is 17.7 Å². The molecule has 26 heteroatoms. The van der Waals surface area contributed by atoms with E-state index >= 15 is 0 Å². The number of phosphoric acid groups is 3. The predicted molar refractivity (Wildman–Crippen MR) is 148 cm³/mol. The Kier molecular flexibility index (Phi) is 14.3. The fourth-order valence-electron chi connectivity index (χ4n) is 3.81. The maximum atomic E-state index is 12.3. The van der Waals surface area contributed by atoms with Crippen LogP contribution >= 0.6 is 23.5 Å². The van der Waals surface area contributed by atoms with Gasteiger partial charge in [0.25, 0.3) is 5.69 Å². The van der Waals surface area contributed by atoms with Crippen molar-refractivity contribution in [3.8, 4) is 0 Å². The van der Waals surface area contributed by atoms with Gasteiger partial charge in [0.05, 0.1) is 24.5 Å². The molecule has 232 valence electrons. The van der Waals surface area contributed by atoms with E-state index in [0.29, 0.717) is 0 Å². The number of aliphatic hydroxyl groups is 2. The van der Waals surface area contributed by atoms with Gasteiger partial charge in [0.2, 0.25) is 0 Å². The van der Waals surface area contributed by atoms with Crippen molar-refractivity contribution in [1.82, 2.24) is 19.5 Å². The number of imidazole rings is 1.